The van der Waals surface area contributed by atoms with Gasteiger partial charge in [-0.25, -0.2) is 0 Å². The van der Waals surface area contributed by atoms with Crippen LogP contribution in [0.3, 0.4) is 0 Å². The molecule has 22 heavy (non-hydrogen) atoms. The minimum absolute atomic E-state index is 0.138. The number of aryl methyl sites for hydroxylation is 1. The molecule has 0 radical (unpaired) electrons. The van der Waals surface area contributed by atoms with E-state index in [1.165, 1.54) is 0 Å². The number of hydrogen-bond acceptors (Lipinski definition) is 3. The van der Waals surface area contributed by atoms with Gasteiger partial charge in [0.15, 0.2) is 4.98 Å². The third kappa shape index (κ3) is 11.1. The van der Waals surface area contributed by atoms with Crippen LogP contribution in [0.15, 0.2) is 18.2 Å². The number of anilines is 1. The van der Waals surface area contributed by atoms with Gasteiger partial charge in [-0.15, -0.1) is 0 Å². The Morgan fingerprint density at radius 1 is 1.18 bits per heavy atom. The number of benzene rings is 1. The molecule has 0 aliphatic rings. The number of rotatable bonds is 4. The summed E-state index contributed by atoms with van der Waals surface area (Å²) in [7, 11) is -10.7. The molecule has 128 valence electrons. The van der Waals surface area contributed by atoms with E-state index in [9.17, 15) is 25.2 Å². The third-order valence-electron chi connectivity index (χ3n) is 2.39. The molecule has 0 aliphatic carbocycles. The Hall–Kier alpha value is -1.59. The van der Waals surface area contributed by atoms with Crippen LogP contribution in [-0.4, -0.2) is 24.8 Å². The first-order valence-corrected chi connectivity index (χ1v) is 8.08. The van der Waals surface area contributed by atoms with Crippen molar-refractivity contribution in [3.05, 3.63) is 28.7 Å². The Kier molecular flexibility index (Phi) is 5.81. The average molecular weight is 351 g/mol. The van der Waals surface area contributed by atoms with Crippen LogP contribution in [0.1, 0.15) is 12.5 Å². The maximum absolute atomic E-state index is 10.7. The molecular weight excluding hydrogens is 335 g/mol. The number of aliphatic hydroxyl groups is 1. The average Bonchev–Trinajstić information content (AvgIpc) is 2.32. The summed E-state index contributed by atoms with van der Waals surface area (Å²) in [6, 6.07) is 5.47. The molecule has 0 unspecified atom stereocenters. The topological polar surface area (TPSA) is 51.6 Å². The minimum atomic E-state index is -10.7. The van der Waals surface area contributed by atoms with E-state index < -0.39 is 7.81 Å². The van der Waals surface area contributed by atoms with E-state index >= 15 is 0 Å². The van der Waals surface area contributed by atoms with Crippen molar-refractivity contribution in [3.8, 4) is 0 Å². The normalized spacial score (nSPS) is 14.0. The molecule has 0 saturated carbocycles. The second-order valence-corrected chi connectivity index (χ2v) is 6.25. The maximum atomic E-state index is 9.87. The van der Waals surface area contributed by atoms with E-state index in [4.69, 9.17) is 10.5 Å². The van der Waals surface area contributed by atoms with Gasteiger partial charge >= 0.3 is 38.7 Å². The molecule has 0 fully saturated rings. The predicted molar refractivity (Wildman–Crippen MR) is 74.5 cm³/mol. The van der Waals surface area contributed by atoms with Gasteiger partial charge in [0.1, 0.15) is 0 Å². The van der Waals surface area contributed by atoms with E-state index in [0.717, 1.165) is 17.8 Å². The number of hydrogen-bond donors (Lipinski definition) is 1. The first kappa shape index (κ1) is 20.4. The standard InChI is InChI=1S/C11H16N3O.F6P/c1-3-14(6-7-15)11-5-4-10(13-12)8-9(11)2;1-7(2,3,4,5)6/h4-5,8,15H,3,6-7H2,1-2H3;/q+1;-1. The molecule has 1 rings (SSSR count). The van der Waals surface area contributed by atoms with Gasteiger partial charge in [0.05, 0.1) is 6.61 Å². The molecule has 0 spiro atoms. The van der Waals surface area contributed by atoms with Crippen molar-refractivity contribution in [1.29, 1.82) is 5.39 Å². The van der Waals surface area contributed by atoms with Crippen LogP contribution < -0.4 is 4.90 Å². The van der Waals surface area contributed by atoms with Crippen molar-refractivity contribution >= 4 is 19.2 Å². The van der Waals surface area contributed by atoms with Gasteiger partial charge in [0, 0.05) is 30.9 Å². The molecule has 0 saturated heterocycles. The Balaban J connectivity index is 0.000000534. The van der Waals surface area contributed by atoms with E-state index in [2.05, 4.69) is 9.88 Å². The van der Waals surface area contributed by atoms with E-state index in [0.29, 0.717) is 12.2 Å². The van der Waals surface area contributed by atoms with Crippen LogP contribution in [0.2, 0.25) is 0 Å². The van der Waals surface area contributed by atoms with Gasteiger partial charge in [0.25, 0.3) is 0 Å². The van der Waals surface area contributed by atoms with Gasteiger partial charge in [-0.2, -0.15) is 0 Å². The third-order valence-corrected chi connectivity index (χ3v) is 2.39. The van der Waals surface area contributed by atoms with E-state index in [1.807, 2.05) is 26.0 Å². The van der Waals surface area contributed by atoms with Crippen molar-refractivity contribution in [1.82, 2.24) is 0 Å². The fourth-order valence-corrected chi connectivity index (χ4v) is 1.63. The van der Waals surface area contributed by atoms with Crippen molar-refractivity contribution < 1.29 is 30.3 Å². The van der Waals surface area contributed by atoms with Crippen molar-refractivity contribution in [2.75, 3.05) is 24.6 Å². The number of aliphatic hydroxyl groups excluding tert-OH is 1. The molecule has 1 aromatic rings. The molecule has 0 atom stereocenters. The number of nitrogens with zero attached hydrogens (tertiary/aromatic N) is 3. The predicted octanol–water partition coefficient (Wildman–Crippen LogP) is 5.68. The Morgan fingerprint density at radius 3 is 2.00 bits per heavy atom. The van der Waals surface area contributed by atoms with Crippen LogP contribution >= 0.6 is 7.81 Å². The van der Waals surface area contributed by atoms with Crippen LogP contribution in [0.5, 0.6) is 0 Å². The van der Waals surface area contributed by atoms with Gasteiger partial charge < -0.3 is 10.0 Å². The monoisotopic (exact) mass is 351 g/mol. The van der Waals surface area contributed by atoms with E-state index in [-0.39, 0.29) is 6.61 Å². The zero-order valence-electron chi connectivity index (χ0n) is 11.9. The van der Waals surface area contributed by atoms with Crippen molar-refractivity contribution in [3.63, 3.8) is 0 Å². The molecule has 1 aromatic carbocycles. The van der Waals surface area contributed by atoms with Gasteiger partial charge in [0.2, 0.25) is 5.39 Å². The van der Waals surface area contributed by atoms with Crippen LogP contribution in [0, 0.1) is 12.3 Å². The number of likely N-dealkylation sites (N-methyl/N-ethyl adjacent to an activating group) is 1. The molecule has 11 heteroatoms. The fourth-order valence-electron chi connectivity index (χ4n) is 1.63. The quantitative estimate of drug-likeness (QED) is 0.431. The first-order chi connectivity index (χ1) is 9.67. The summed E-state index contributed by atoms with van der Waals surface area (Å²) in [6.45, 7) is 5.60. The van der Waals surface area contributed by atoms with Crippen molar-refractivity contribution in [2.24, 2.45) is 0 Å². The molecule has 1 N–H and O–H groups in total. The fraction of sp³-hybridized carbons (Fsp3) is 0.455. The molecule has 4 nitrogen and oxygen atoms in total. The van der Waals surface area contributed by atoms with Gasteiger partial charge in [-0.05, 0) is 25.5 Å². The number of halogens is 6. The summed E-state index contributed by atoms with van der Waals surface area (Å²) in [5.41, 5.74) is 2.66. The molecule has 0 aromatic heterocycles. The van der Waals surface area contributed by atoms with Crippen LogP contribution in [0.25, 0.3) is 4.98 Å². The molecule has 0 amide bonds. The van der Waals surface area contributed by atoms with Crippen molar-refractivity contribution in [2.45, 2.75) is 13.8 Å². The molecule has 0 aliphatic heterocycles. The molecule has 0 bridgehead atoms. The summed E-state index contributed by atoms with van der Waals surface area (Å²) in [5, 5.41) is 17.5. The molecular formula is C11H16F6N3OP. The SMILES string of the molecule is CCN(CCO)c1ccc([N+]#N)cc1C.F[P-](F)(F)(F)(F)F. The number of diazo groups is 1. The summed E-state index contributed by atoms with van der Waals surface area (Å²) < 4.78 is 59.2. The Morgan fingerprint density at radius 2 is 1.68 bits per heavy atom. The van der Waals surface area contributed by atoms with E-state index in [1.54, 1.807) is 6.07 Å². The summed E-state index contributed by atoms with van der Waals surface area (Å²) in [5.74, 6) is 0. The second-order valence-electron chi connectivity index (χ2n) is 4.33. The van der Waals surface area contributed by atoms with Crippen LogP contribution in [-0.2, 0) is 0 Å². The zero-order chi connectivity index (χ0) is 17.7. The van der Waals surface area contributed by atoms with Gasteiger partial charge in [-0.3, -0.25) is 0 Å². The first-order valence-electron chi connectivity index (χ1n) is 6.06. The Labute approximate surface area is 123 Å². The zero-order valence-corrected chi connectivity index (χ0v) is 12.8. The van der Waals surface area contributed by atoms with Gasteiger partial charge in [-0.1, -0.05) is 0 Å². The Bertz CT molecular complexity index is 543. The summed E-state index contributed by atoms with van der Waals surface area (Å²) in [6.07, 6.45) is 0. The molecule has 0 heterocycles. The summed E-state index contributed by atoms with van der Waals surface area (Å²) in [4.78, 5) is 5.22. The second kappa shape index (κ2) is 6.26. The summed E-state index contributed by atoms with van der Waals surface area (Å²) >= 11 is 0. The van der Waals surface area contributed by atoms with Crippen LogP contribution in [0.4, 0.5) is 36.6 Å².